The van der Waals surface area contributed by atoms with E-state index >= 15 is 0 Å². The van der Waals surface area contributed by atoms with Crippen LogP contribution in [-0.2, 0) is 6.42 Å². The highest BCUT2D eigenvalue weighted by molar-refractivity contribution is 9.10. The minimum Gasteiger partial charge on any atom is -0.368 e. The van der Waals surface area contributed by atoms with Gasteiger partial charge in [0.15, 0.2) is 0 Å². The van der Waals surface area contributed by atoms with E-state index in [0.29, 0.717) is 5.88 Å². The summed E-state index contributed by atoms with van der Waals surface area (Å²) in [5.41, 5.74) is 8.52. The van der Waals surface area contributed by atoms with Crippen molar-refractivity contribution in [3.8, 4) is 11.3 Å². The van der Waals surface area contributed by atoms with Gasteiger partial charge in [-0.1, -0.05) is 28.0 Å². The summed E-state index contributed by atoms with van der Waals surface area (Å²) < 4.78 is 5.88. The molecule has 0 aliphatic rings. The second-order valence-electron chi connectivity index (χ2n) is 3.32. The maximum absolute atomic E-state index is 5.48. The van der Waals surface area contributed by atoms with Crippen LogP contribution in [-0.4, -0.2) is 5.16 Å². The lowest BCUT2D eigenvalue weighted by atomic mass is 10.1. The number of nitrogens with zero attached hydrogens (tertiary/aromatic N) is 1. The number of nitrogen functional groups attached to an aromatic ring is 1. The molecule has 0 atom stereocenters. The van der Waals surface area contributed by atoms with E-state index in [-0.39, 0.29) is 0 Å². The van der Waals surface area contributed by atoms with Gasteiger partial charge in [0.05, 0.1) is 0 Å². The van der Waals surface area contributed by atoms with Gasteiger partial charge in [0, 0.05) is 16.1 Å². The van der Waals surface area contributed by atoms with Gasteiger partial charge < -0.3 is 10.3 Å². The summed E-state index contributed by atoms with van der Waals surface area (Å²) in [6, 6.07) is 7.90. The van der Waals surface area contributed by atoms with Gasteiger partial charge in [-0.15, -0.1) is 0 Å². The van der Waals surface area contributed by atoms with Gasteiger partial charge in [0.1, 0.15) is 5.69 Å². The molecule has 0 saturated heterocycles. The molecule has 78 valence electrons. The van der Waals surface area contributed by atoms with Gasteiger partial charge in [-0.2, -0.15) is 0 Å². The summed E-state index contributed by atoms with van der Waals surface area (Å²) in [6.07, 6.45) is 0.986. The van der Waals surface area contributed by atoms with Gasteiger partial charge >= 0.3 is 0 Å². The van der Waals surface area contributed by atoms with Crippen LogP contribution in [0.2, 0.25) is 0 Å². The van der Waals surface area contributed by atoms with E-state index < -0.39 is 0 Å². The van der Waals surface area contributed by atoms with Crippen LogP contribution < -0.4 is 5.73 Å². The Morgan fingerprint density at radius 1 is 1.33 bits per heavy atom. The molecular formula is C11H11BrN2O. The lowest BCUT2D eigenvalue weighted by Crippen LogP contribution is -1.84. The number of benzene rings is 1. The summed E-state index contributed by atoms with van der Waals surface area (Å²) in [4.78, 5) is 0. The number of hydrogen-bond donors (Lipinski definition) is 1. The molecule has 2 aromatic rings. The Labute approximate surface area is 96.4 Å². The Balaban J connectivity index is 2.48. The second-order valence-corrected chi connectivity index (χ2v) is 4.23. The average Bonchev–Trinajstić information content (AvgIpc) is 2.64. The van der Waals surface area contributed by atoms with Gasteiger partial charge in [0.25, 0.3) is 0 Å². The van der Waals surface area contributed by atoms with E-state index in [2.05, 4.69) is 40.1 Å². The summed E-state index contributed by atoms with van der Waals surface area (Å²) in [5, 5.41) is 3.88. The number of aromatic nitrogens is 1. The number of halogens is 1. The lowest BCUT2D eigenvalue weighted by Gasteiger charge is -2.01. The third-order valence-corrected chi connectivity index (χ3v) is 2.65. The van der Waals surface area contributed by atoms with Crippen LogP contribution in [0.4, 0.5) is 5.88 Å². The van der Waals surface area contributed by atoms with Crippen molar-refractivity contribution in [1.29, 1.82) is 0 Å². The van der Waals surface area contributed by atoms with Crippen LogP contribution in [0.25, 0.3) is 11.3 Å². The summed E-state index contributed by atoms with van der Waals surface area (Å²) in [7, 11) is 0. The average molecular weight is 267 g/mol. The van der Waals surface area contributed by atoms with E-state index in [4.69, 9.17) is 10.3 Å². The zero-order valence-corrected chi connectivity index (χ0v) is 9.91. The topological polar surface area (TPSA) is 52.0 Å². The van der Waals surface area contributed by atoms with Crippen molar-refractivity contribution in [1.82, 2.24) is 5.16 Å². The van der Waals surface area contributed by atoms with Crippen LogP contribution in [0.15, 0.2) is 33.3 Å². The first-order chi connectivity index (χ1) is 7.19. The highest BCUT2D eigenvalue weighted by atomic mass is 79.9. The summed E-state index contributed by atoms with van der Waals surface area (Å²) in [5.74, 6) is 0.336. The van der Waals surface area contributed by atoms with Gasteiger partial charge in [0.2, 0.25) is 5.88 Å². The summed E-state index contributed by atoms with van der Waals surface area (Å²) in [6.45, 7) is 2.11. The first kappa shape index (κ1) is 10.2. The van der Waals surface area contributed by atoms with Crippen molar-refractivity contribution >= 4 is 21.8 Å². The molecule has 0 amide bonds. The minimum absolute atomic E-state index is 0.336. The van der Waals surface area contributed by atoms with Crippen molar-refractivity contribution in [2.75, 3.05) is 5.73 Å². The van der Waals surface area contributed by atoms with Crippen molar-refractivity contribution < 1.29 is 4.52 Å². The number of nitrogens with two attached hydrogens (primary N) is 1. The van der Waals surface area contributed by atoms with Crippen molar-refractivity contribution in [3.63, 3.8) is 0 Å². The second kappa shape index (κ2) is 4.06. The molecular weight excluding hydrogens is 256 g/mol. The molecule has 2 rings (SSSR count). The molecule has 0 radical (unpaired) electrons. The quantitative estimate of drug-likeness (QED) is 0.908. The van der Waals surface area contributed by atoms with Gasteiger partial charge in [-0.05, 0) is 30.2 Å². The minimum atomic E-state index is 0.336. The highest BCUT2D eigenvalue weighted by Gasteiger charge is 2.06. The Bertz CT molecular complexity index is 479. The molecule has 1 aromatic heterocycles. The number of aryl methyl sites for hydroxylation is 1. The van der Waals surface area contributed by atoms with Crippen LogP contribution in [0, 0.1) is 0 Å². The van der Waals surface area contributed by atoms with Crippen LogP contribution in [0.3, 0.4) is 0 Å². The maximum atomic E-state index is 5.48. The largest absolute Gasteiger partial charge is 0.368 e. The van der Waals surface area contributed by atoms with Gasteiger partial charge in [-0.25, -0.2) is 0 Å². The number of rotatable bonds is 2. The summed E-state index contributed by atoms with van der Waals surface area (Å²) >= 11 is 3.47. The Morgan fingerprint density at radius 3 is 2.73 bits per heavy atom. The highest BCUT2D eigenvalue weighted by Crippen LogP contribution is 2.25. The Kier molecular flexibility index (Phi) is 2.77. The molecule has 0 saturated carbocycles. The van der Waals surface area contributed by atoms with Crippen LogP contribution >= 0.6 is 15.9 Å². The predicted octanol–water partition coefficient (Wildman–Crippen LogP) is 3.25. The Hall–Kier alpha value is -1.29. The fourth-order valence-corrected chi connectivity index (χ4v) is 1.97. The third kappa shape index (κ3) is 2.21. The molecule has 0 unspecified atom stereocenters. The molecule has 2 N–H and O–H groups in total. The standard InChI is InChI=1S/C11H11BrN2O/c1-2-7-3-8(5-9(12)4-7)10-6-11(13)15-14-10/h3-6H,2,13H2,1H3. The molecule has 1 heterocycles. The van der Waals surface area contributed by atoms with Crippen LogP contribution in [0.1, 0.15) is 12.5 Å². The van der Waals surface area contributed by atoms with E-state index in [9.17, 15) is 0 Å². The normalized spacial score (nSPS) is 10.5. The van der Waals surface area contributed by atoms with E-state index in [0.717, 1.165) is 22.2 Å². The SMILES string of the molecule is CCc1cc(Br)cc(-c2cc(N)on2)c1. The zero-order valence-electron chi connectivity index (χ0n) is 8.33. The third-order valence-electron chi connectivity index (χ3n) is 2.19. The zero-order chi connectivity index (χ0) is 10.8. The first-order valence-electron chi connectivity index (χ1n) is 4.71. The van der Waals surface area contributed by atoms with E-state index in [1.54, 1.807) is 6.07 Å². The molecule has 0 aliphatic heterocycles. The molecule has 0 bridgehead atoms. The molecule has 0 fully saturated rings. The number of anilines is 1. The molecule has 0 spiro atoms. The fourth-order valence-electron chi connectivity index (χ4n) is 1.43. The smallest absolute Gasteiger partial charge is 0.222 e. The van der Waals surface area contributed by atoms with E-state index in [1.807, 2.05) is 6.07 Å². The van der Waals surface area contributed by atoms with Crippen molar-refractivity contribution in [2.45, 2.75) is 13.3 Å². The van der Waals surface area contributed by atoms with Gasteiger partial charge in [-0.3, -0.25) is 0 Å². The first-order valence-corrected chi connectivity index (χ1v) is 5.50. The maximum Gasteiger partial charge on any atom is 0.222 e. The van der Waals surface area contributed by atoms with E-state index in [1.165, 1.54) is 5.56 Å². The molecule has 1 aromatic carbocycles. The van der Waals surface area contributed by atoms with Crippen LogP contribution in [0.5, 0.6) is 0 Å². The molecule has 15 heavy (non-hydrogen) atoms. The number of hydrogen-bond acceptors (Lipinski definition) is 3. The molecule has 3 nitrogen and oxygen atoms in total. The molecule has 4 heteroatoms. The molecule has 0 aliphatic carbocycles. The van der Waals surface area contributed by atoms with Crippen molar-refractivity contribution in [3.05, 3.63) is 34.3 Å². The fraction of sp³-hybridized carbons (Fsp3) is 0.182. The Morgan fingerprint density at radius 2 is 2.13 bits per heavy atom. The predicted molar refractivity (Wildman–Crippen MR) is 63.4 cm³/mol. The monoisotopic (exact) mass is 266 g/mol. The van der Waals surface area contributed by atoms with Crippen molar-refractivity contribution in [2.24, 2.45) is 0 Å². The lowest BCUT2D eigenvalue weighted by molar-refractivity contribution is 0.439.